The predicted octanol–water partition coefficient (Wildman–Crippen LogP) is 4.24. The first-order valence-electron chi connectivity index (χ1n) is 10.6. The Kier molecular flexibility index (Phi) is 7.00. The van der Waals surface area contributed by atoms with Crippen molar-refractivity contribution < 1.29 is 19.4 Å². The number of nitrogens with zero attached hydrogens (tertiary/aromatic N) is 1. The standard InChI is InChI=1S/C23H35NO4/c1-23(2,3)28-22(26)24-11-9-18(10-12-24)21-14-19(21)13-20(25)16-27-15-17-7-5-4-6-8-17/h4-8,18-21,25H,9-16H2,1-3H3/t19-,20+,21-/m0/s1. The molecule has 28 heavy (non-hydrogen) atoms. The summed E-state index contributed by atoms with van der Waals surface area (Å²) in [5, 5.41) is 10.3. The lowest BCUT2D eigenvalue weighted by Crippen LogP contribution is -2.42. The van der Waals surface area contributed by atoms with Crippen LogP contribution < -0.4 is 0 Å². The van der Waals surface area contributed by atoms with Crippen molar-refractivity contribution in [2.75, 3.05) is 19.7 Å². The van der Waals surface area contributed by atoms with Crippen molar-refractivity contribution in [1.82, 2.24) is 4.90 Å². The van der Waals surface area contributed by atoms with Crippen LogP contribution in [0.1, 0.15) is 52.0 Å². The average Bonchev–Trinajstić information content (AvgIpc) is 3.40. The SMILES string of the molecule is CC(C)(C)OC(=O)N1CCC([C@@H]2C[C@@H]2C[C@@H](O)COCc2ccccc2)CC1. The number of carbonyl (C=O) groups is 1. The molecule has 3 atom stereocenters. The van der Waals surface area contributed by atoms with E-state index >= 15 is 0 Å². The monoisotopic (exact) mass is 389 g/mol. The van der Waals surface area contributed by atoms with Crippen LogP contribution in [0.3, 0.4) is 0 Å². The second kappa shape index (κ2) is 9.27. The molecule has 5 nitrogen and oxygen atoms in total. The number of likely N-dealkylation sites (tertiary alicyclic amines) is 1. The van der Waals surface area contributed by atoms with Gasteiger partial charge in [0.25, 0.3) is 0 Å². The van der Waals surface area contributed by atoms with E-state index in [-0.39, 0.29) is 12.2 Å². The van der Waals surface area contributed by atoms with Gasteiger partial charge in [-0.3, -0.25) is 0 Å². The predicted molar refractivity (Wildman–Crippen MR) is 109 cm³/mol. The molecule has 1 aromatic carbocycles. The lowest BCUT2D eigenvalue weighted by atomic mass is 9.90. The van der Waals surface area contributed by atoms with E-state index in [1.807, 2.05) is 56.0 Å². The lowest BCUT2D eigenvalue weighted by Gasteiger charge is -2.33. The fourth-order valence-electron chi connectivity index (χ4n) is 4.26. The van der Waals surface area contributed by atoms with E-state index in [1.54, 1.807) is 0 Å². The topological polar surface area (TPSA) is 59.0 Å². The van der Waals surface area contributed by atoms with Gasteiger partial charge < -0.3 is 19.5 Å². The second-order valence-corrected chi connectivity index (χ2v) is 9.35. The highest BCUT2D eigenvalue weighted by Gasteiger charge is 2.44. The summed E-state index contributed by atoms with van der Waals surface area (Å²) in [5.41, 5.74) is 0.699. The van der Waals surface area contributed by atoms with Gasteiger partial charge in [-0.1, -0.05) is 30.3 Å². The maximum Gasteiger partial charge on any atom is 0.410 e. The molecule has 1 aromatic rings. The van der Waals surface area contributed by atoms with Crippen molar-refractivity contribution in [1.29, 1.82) is 0 Å². The number of carbonyl (C=O) groups excluding carboxylic acids is 1. The molecule has 0 aromatic heterocycles. The average molecular weight is 390 g/mol. The molecule has 1 amide bonds. The lowest BCUT2D eigenvalue weighted by molar-refractivity contribution is 0.0155. The van der Waals surface area contributed by atoms with Gasteiger partial charge >= 0.3 is 6.09 Å². The van der Waals surface area contributed by atoms with Gasteiger partial charge in [0.1, 0.15) is 5.60 Å². The summed E-state index contributed by atoms with van der Waals surface area (Å²) >= 11 is 0. The Morgan fingerprint density at radius 3 is 2.54 bits per heavy atom. The Balaban J connectivity index is 1.31. The normalized spacial score (nSPS) is 24.1. The van der Waals surface area contributed by atoms with Gasteiger partial charge in [0.05, 0.1) is 19.3 Å². The zero-order valence-electron chi connectivity index (χ0n) is 17.5. The molecule has 1 heterocycles. The Bertz CT molecular complexity index is 619. The first-order valence-corrected chi connectivity index (χ1v) is 10.6. The Morgan fingerprint density at radius 1 is 1.21 bits per heavy atom. The van der Waals surface area contributed by atoms with Crippen LogP contribution in [0.5, 0.6) is 0 Å². The molecule has 0 bridgehead atoms. The van der Waals surface area contributed by atoms with Gasteiger partial charge in [-0.05, 0) is 69.8 Å². The first kappa shape index (κ1) is 21.1. The molecular weight excluding hydrogens is 354 g/mol. The summed E-state index contributed by atoms with van der Waals surface area (Å²) in [6, 6.07) is 10.1. The third-order valence-corrected chi connectivity index (χ3v) is 5.77. The molecular formula is C23H35NO4. The van der Waals surface area contributed by atoms with Gasteiger partial charge in [-0.25, -0.2) is 4.79 Å². The van der Waals surface area contributed by atoms with E-state index in [2.05, 4.69) is 0 Å². The Labute approximate surface area is 169 Å². The molecule has 3 rings (SSSR count). The number of hydrogen-bond acceptors (Lipinski definition) is 4. The number of amides is 1. The van der Waals surface area contributed by atoms with Gasteiger partial charge in [0, 0.05) is 13.1 Å². The van der Waals surface area contributed by atoms with Gasteiger partial charge in [-0.15, -0.1) is 0 Å². The summed E-state index contributed by atoms with van der Waals surface area (Å²) < 4.78 is 11.1. The van der Waals surface area contributed by atoms with Crippen molar-refractivity contribution in [2.45, 2.75) is 64.8 Å². The van der Waals surface area contributed by atoms with Crippen LogP contribution in [-0.4, -0.2) is 47.5 Å². The zero-order valence-corrected chi connectivity index (χ0v) is 17.5. The van der Waals surface area contributed by atoms with Gasteiger partial charge in [0.2, 0.25) is 0 Å². The number of aliphatic hydroxyl groups excluding tert-OH is 1. The molecule has 1 aliphatic heterocycles. The number of ether oxygens (including phenoxy) is 2. The van der Waals surface area contributed by atoms with Crippen molar-refractivity contribution >= 4 is 6.09 Å². The Hall–Kier alpha value is -1.59. The van der Waals surface area contributed by atoms with Crippen LogP contribution in [0.2, 0.25) is 0 Å². The molecule has 2 fully saturated rings. The third-order valence-electron chi connectivity index (χ3n) is 5.77. The summed E-state index contributed by atoms with van der Waals surface area (Å²) in [6.45, 7) is 8.23. The molecule has 1 N–H and O–H groups in total. The fourth-order valence-corrected chi connectivity index (χ4v) is 4.26. The van der Waals surface area contributed by atoms with Crippen LogP contribution in [0.4, 0.5) is 4.79 Å². The van der Waals surface area contributed by atoms with E-state index in [9.17, 15) is 9.90 Å². The maximum absolute atomic E-state index is 12.2. The number of aliphatic hydroxyl groups is 1. The van der Waals surface area contributed by atoms with Gasteiger partial charge in [-0.2, -0.15) is 0 Å². The van der Waals surface area contributed by atoms with E-state index in [0.717, 1.165) is 37.9 Å². The van der Waals surface area contributed by atoms with E-state index < -0.39 is 5.60 Å². The summed E-state index contributed by atoms with van der Waals surface area (Å²) in [7, 11) is 0. The van der Waals surface area contributed by atoms with Crippen LogP contribution in [-0.2, 0) is 16.1 Å². The quantitative estimate of drug-likeness (QED) is 0.758. The largest absolute Gasteiger partial charge is 0.444 e. The molecule has 0 radical (unpaired) electrons. The van der Waals surface area contributed by atoms with Crippen LogP contribution in [0.25, 0.3) is 0 Å². The minimum absolute atomic E-state index is 0.190. The van der Waals surface area contributed by atoms with Crippen molar-refractivity contribution in [3.63, 3.8) is 0 Å². The highest BCUT2D eigenvalue weighted by atomic mass is 16.6. The molecule has 1 saturated carbocycles. The molecule has 1 aliphatic carbocycles. The number of benzene rings is 1. The summed E-state index contributed by atoms with van der Waals surface area (Å²) in [5.74, 6) is 1.97. The molecule has 2 aliphatic rings. The number of rotatable bonds is 7. The summed E-state index contributed by atoms with van der Waals surface area (Å²) in [6.07, 6.45) is 3.53. The van der Waals surface area contributed by atoms with E-state index in [4.69, 9.17) is 9.47 Å². The van der Waals surface area contributed by atoms with Gasteiger partial charge in [0.15, 0.2) is 0 Å². The van der Waals surface area contributed by atoms with Crippen molar-refractivity contribution in [2.24, 2.45) is 17.8 Å². The van der Waals surface area contributed by atoms with E-state index in [0.29, 0.717) is 31.0 Å². The minimum Gasteiger partial charge on any atom is -0.444 e. The second-order valence-electron chi connectivity index (χ2n) is 9.35. The highest BCUT2D eigenvalue weighted by molar-refractivity contribution is 5.68. The third kappa shape index (κ3) is 6.49. The molecule has 1 saturated heterocycles. The fraction of sp³-hybridized carbons (Fsp3) is 0.696. The van der Waals surface area contributed by atoms with Crippen LogP contribution >= 0.6 is 0 Å². The maximum atomic E-state index is 12.2. The molecule has 5 heteroatoms. The van der Waals surface area contributed by atoms with E-state index in [1.165, 1.54) is 6.42 Å². The first-order chi connectivity index (χ1) is 13.3. The van der Waals surface area contributed by atoms with Crippen LogP contribution in [0, 0.1) is 17.8 Å². The minimum atomic E-state index is -0.436. The zero-order chi connectivity index (χ0) is 20.1. The number of hydrogen-bond donors (Lipinski definition) is 1. The smallest absolute Gasteiger partial charge is 0.410 e. The van der Waals surface area contributed by atoms with Crippen LogP contribution in [0.15, 0.2) is 30.3 Å². The summed E-state index contributed by atoms with van der Waals surface area (Å²) in [4.78, 5) is 14.0. The molecule has 0 spiro atoms. The molecule has 156 valence electrons. The highest BCUT2D eigenvalue weighted by Crippen LogP contribution is 2.50. The van der Waals surface area contributed by atoms with Crippen molar-refractivity contribution in [3.05, 3.63) is 35.9 Å². The Morgan fingerprint density at radius 2 is 1.89 bits per heavy atom. The molecule has 0 unspecified atom stereocenters. The van der Waals surface area contributed by atoms with Crippen molar-refractivity contribution in [3.8, 4) is 0 Å². The number of piperidine rings is 1.